The Kier molecular flexibility index (Phi) is 3.82. The maximum Gasteiger partial charge on any atom is 0.0932 e. The molecule has 100 valence electrons. The second-order valence-corrected chi connectivity index (χ2v) is 6.48. The van der Waals surface area contributed by atoms with Gasteiger partial charge in [0.15, 0.2) is 0 Å². The summed E-state index contributed by atoms with van der Waals surface area (Å²) in [5.41, 5.74) is 1.74. The van der Waals surface area contributed by atoms with Gasteiger partial charge in [0.2, 0.25) is 0 Å². The van der Waals surface area contributed by atoms with E-state index in [9.17, 15) is 5.11 Å². The molecule has 1 aliphatic carbocycles. The summed E-state index contributed by atoms with van der Waals surface area (Å²) in [6.45, 7) is 8.86. The van der Waals surface area contributed by atoms with Crippen molar-refractivity contribution in [2.75, 3.05) is 0 Å². The van der Waals surface area contributed by atoms with E-state index in [1.807, 2.05) is 0 Å². The van der Waals surface area contributed by atoms with Crippen LogP contribution < -0.4 is 0 Å². The maximum absolute atomic E-state index is 11.3. The van der Waals surface area contributed by atoms with Gasteiger partial charge in [-0.1, -0.05) is 51.5 Å². The van der Waals surface area contributed by atoms with Crippen LogP contribution in [0.1, 0.15) is 51.2 Å². The topological polar surface area (TPSA) is 20.2 Å². The summed E-state index contributed by atoms with van der Waals surface area (Å²) in [7, 11) is 0. The van der Waals surface area contributed by atoms with E-state index in [4.69, 9.17) is 0 Å². The van der Waals surface area contributed by atoms with E-state index < -0.39 is 5.60 Å². The average molecular weight is 246 g/mol. The van der Waals surface area contributed by atoms with E-state index in [-0.39, 0.29) is 0 Å². The van der Waals surface area contributed by atoms with Crippen LogP contribution in [-0.4, -0.2) is 5.11 Å². The second kappa shape index (κ2) is 5.05. The van der Waals surface area contributed by atoms with Gasteiger partial charge in [-0.05, 0) is 48.6 Å². The van der Waals surface area contributed by atoms with E-state index in [1.165, 1.54) is 12.0 Å². The smallest absolute Gasteiger partial charge is 0.0932 e. The number of rotatable bonds is 2. The zero-order valence-corrected chi connectivity index (χ0v) is 12.1. The average Bonchev–Trinajstić information content (AvgIpc) is 2.28. The summed E-state index contributed by atoms with van der Waals surface area (Å²) >= 11 is 0. The van der Waals surface area contributed by atoms with E-state index in [2.05, 4.69) is 52.0 Å². The van der Waals surface area contributed by atoms with Crippen LogP contribution in [0.5, 0.6) is 0 Å². The predicted octanol–water partition coefficient (Wildman–Crippen LogP) is 4.27. The molecule has 0 amide bonds. The van der Waals surface area contributed by atoms with E-state index in [0.29, 0.717) is 17.8 Å². The van der Waals surface area contributed by atoms with Crippen LogP contribution in [0.15, 0.2) is 24.3 Å². The Morgan fingerprint density at radius 2 is 1.89 bits per heavy atom. The molecule has 0 saturated heterocycles. The Labute approximate surface area is 111 Å². The highest BCUT2D eigenvalue weighted by atomic mass is 16.3. The van der Waals surface area contributed by atoms with Crippen molar-refractivity contribution < 1.29 is 5.11 Å². The fourth-order valence-corrected chi connectivity index (χ4v) is 3.74. The number of hydrogen-bond acceptors (Lipinski definition) is 1. The van der Waals surface area contributed by atoms with Crippen molar-refractivity contribution in [1.29, 1.82) is 0 Å². The largest absolute Gasteiger partial charge is 0.385 e. The summed E-state index contributed by atoms with van der Waals surface area (Å²) in [4.78, 5) is 0. The lowest BCUT2D eigenvalue weighted by Gasteiger charge is -2.45. The van der Waals surface area contributed by atoms with Crippen molar-refractivity contribution in [2.24, 2.45) is 17.8 Å². The Hall–Kier alpha value is -0.820. The Morgan fingerprint density at radius 3 is 2.50 bits per heavy atom. The van der Waals surface area contributed by atoms with Crippen LogP contribution in [0.3, 0.4) is 0 Å². The monoisotopic (exact) mass is 246 g/mol. The lowest BCUT2D eigenvalue weighted by molar-refractivity contribution is -0.0869. The first kappa shape index (κ1) is 13.6. The van der Waals surface area contributed by atoms with Gasteiger partial charge >= 0.3 is 0 Å². The highest BCUT2D eigenvalue weighted by molar-refractivity contribution is 5.32. The van der Waals surface area contributed by atoms with Gasteiger partial charge in [0.05, 0.1) is 5.60 Å². The molecule has 1 N–H and O–H groups in total. The van der Waals surface area contributed by atoms with Crippen LogP contribution in [-0.2, 0) is 5.60 Å². The molecule has 1 nitrogen and oxygen atoms in total. The molecule has 0 heterocycles. The molecular weight excluding hydrogens is 220 g/mol. The minimum Gasteiger partial charge on any atom is -0.385 e. The number of benzene rings is 1. The van der Waals surface area contributed by atoms with Crippen molar-refractivity contribution in [3.63, 3.8) is 0 Å². The molecule has 0 unspecified atom stereocenters. The summed E-state index contributed by atoms with van der Waals surface area (Å²) < 4.78 is 0. The van der Waals surface area contributed by atoms with Gasteiger partial charge in [-0.15, -0.1) is 0 Å². The molecule has 1 heteroatoms. The molecule has 3 atom stereocenters. The molecule has 1 saturated carbocycles. The SMILES string of the molecule is Cc1ccccc1[C@]1(O)C[C@@H](C)CC[C@@H]1C(C)C. The molecule has 0 aliphatic heterocycles. The lowest BCUT2D eigenvalue weighted by atomic mass is 9.64. The minimum atomic E-state index is -0.628. The van der Waals surface area contributed by atoms with Crippen LogP contribution >= 0.6 is 0 Å². The third-order valence-corrected chi connectivity index (χ3v) is 4.66. The third-order valence-electron chi connectivity index (χ3n) is 4.66. The molecule has 0 bridgehead atoms. The zero-order chi connectivity index (χ0) is 13.3. The zero-order valence-electron chi connectivity index (χ0n) is 12.1. The van der Waals surface area contributed by atoms with E-state index >= 15 is 0 Å². The molecule has 0 aromatic heterocycles. The van der Waals surface area contributed by atoms with Crippen LogP contribution in [0.25, 0.3) is 0 Å². The van der Waals surface area contributed by atoms with Crippen molar-refractivity contribution >= 4 is 0 Å². The van der Waals surface area contributed by atoms with Gasteiger partial charge < -0.3 is 5.11 Å². The van der Waals surface area contributed by atoms with Crippen molar-refractivity contribution in [3.8, 4) is 0 Å². The van der Waals surface area contributed by atoms with Crippen LogP contribution in [0, 0.1) is 24.7 Å². The first-order valence-corrected chi connectivity index (χ1v) is 7.23. The van der Waals surface area contributed by atoms with Gasteiger partial charge in [0.25, 0.3) is 0 Å². The minimum absolute atomic E-state index is 0.384. The van der Waals surface area contributed by atoms with Gasteiger partial charge in [-0.25, -0.2) is 0 Å². The second-order valence-electron chi connectivity index (χ2n) is 6.48. The summed E-state index contributed by atoms with van der Waals surface area (Å²) in [6.07, 6.45) is 3.29. The Morgan fingerprint density at radius 1 is 1.22 bits per heavy atom. The van der Waals surface area contributed by atoms with Gasteiger partial charge in [-0.3, -0.25) is 0 Å². The third kappa shape index (κ3) is 2.33. The fraction of sp³-hybridized carbons (Fsp3) is 0.647. The number of hydrogen-bond donors (Lipinski definition) is 1. The first-order chi connectivity index (χ1) is 8.45. The summed E-state index contributed by atoms with van der Waals surface area (Å²) in [6, 6.07) is 8.34. The van der Waals surface area contributed by atoms with Crippen molar-refractivity contribution in [1.82, 2.24) is 0 Å². The standard InChI is InChI=1S/C17H26O/c1-12(2)15-10-9-13(3)11-17(15,18)16-8-6-5-7-14(16)4/h5-8,12-13,15,18H,9-11H2,1-4H3/t13-,15+,17-/m0/s1. The predicted molar refractivity (Wildman–Crippen MR) is 76.4 cm³/mol. The molecule has 2 rings (SSSR count). The number of aryl methyl sites for hydroxylation is 1. The molecule has 1 aromatic rings. The van der Waals surface area contributed by atoms with Crippen molar-refractivity contribution in [2.45, 2.75) is 52.6 Å². The van der Waals surface area contributed by atoms with Gasteiger partial charge in [-0.2, -0.15) is 0 Å². The van der Waals surface area contributed by atoms with Crippen molar-refractivity contribution in [3.05, 3.63) is 35.4 Å². The Balaban J connectivity index is 2.44. The molecular formula is C17H26O. The maximum atomic E-state index is 11.3. The Bertz CT molecular complexity index is 410. The summed E-state index contributed by atoms with van der Waals surface area (Å²) in [5, 5.41) is 11.3. The first-order valence-electron chi connectivity index (χ1n) is 7.23. The highest BCUT2D eigenvalue weighted by Gasteiger charge is 2.44. The molecule has 18 heavy (non-hydrogen) atoms. The quantitative estimate of drug-likeness (QED) is 0.826. The van der Waals surface area contributed by atoms with Crippen LogP contribution in [0.2, 0.25) is 0 Å². The fourth-order valence-electron chi connectivity index (χ4n) is 3.74. The molecule has 1 fully saturated rings. The lowest BCUT2D eigenvalue weighted by Crippen LogP contribution is -2.43. The molecule has 1 aromatic carbocycles. The van der Waals surface area contributed by atoms with Crippen LogP contribution in [0.4, 0.5) is 0 Å². The summed E-state index contributed by atoms with van der Waals surface area (Å²) in [5.74, 6) is 1.53. The molecule has 0 spiro atoms. The van der Waals surface area contributed by atoms with E-state index in [0.717, 1.165) is 18.4 Å². The molecule has 0 radical (unpaired) electrons. The van der Waals surface area contributed by atoms with E-state index in [1.54, 1.807) is 0 Å². The van der Waals surface area contributed by atoms with Gasteiger partial charge in [0, 0.05) is 0 Å². The number of aliphatic hydroxyl groups is 1. The van der Waals surface area contributed by atoms with Gasteiger partial charge in [0.1, 0.15) is 0 Å². The molecule has 1 aliphatic rings. The highest BCUT2D eigenvalue weighted by Crippen LogP contribution is 2.47. The normalized spacial score (nSPS) is 32.8.